The number of phenols is 1. The average Bonchev–Trinajstić information content (AvgIpc) is 2.84. The second kappa shape index (κ2) is 18.3. The van der Waals surface area contributed by atoms with Crippen molar-refractivity contribution >= 4 is 24.3 Å². The standard InChI is InChI=1S/C25H39N3O5.C5H10O2.C3H8/c1-16(23(32)33)14-15-28(9)22(31)19(24(2,3)4)26-21(30)20(27(7)8)25(5,6)17-10-12-18(29)13-11-17;1-5(2,3)7-4-6;1-3-2/h10-14,19-20,29H,15H2,1-9H3,(H,26,30)(H,32,33);4H,1-3H3;3H2,1-2H3/b16-14+;;. The number of hydrogen-bond donors (Lipinski definition) is 3. The number of nitrogens with one attached hydrogen (secondary N) is 1. The van der Waals surface area contributed by atoms with Crippen molar-refractivity contribution in [2.75, 3.05) is 27.7 Å². The number of hydrogen-bond acceptors (Lipinski definition) is 7. The Labute approximate surface area is 259 Å². The normalized spacial score (nSPS) is 13.3. The molecule has 1 rings (SSSR count). The van der Waals surface area contributed by atoms with Gasteiger partial charge in [0.25, 0.3) is 6.47 Å². The highest BCUT2D eigenvalue weighted by Crippen LogP contribution is 2.32. The maximum atomic E-state index is 13.5. The molecular formula is C33H57N3O7. The van der Waals surface area contributed by atoms with Crippen LogP contribution in [0.5, 0.6) is 5.75 Å². The van der Waals surface area contributed by atoms with Gasteiger partial charge in [0.1, 0.15) is 17.4 Å². The van der Waals surface area contributed by atoms with Crippen LogP contribution < -0.4 is 5.32 Å². The molecule has 0 saturated heterocycles. The Hall–Kier alpha value is -3.40. The molecule has 2 unspecified atom stereocenters. The van der Waals surface area contributed by atoms with Gasteiger partial charge < -0.3 is 25.2 Å². The van der Waals surface area contributed by atoms with Gasteiger partial charge in [-0.3, -0.25) is 19.3 Å². The molecule has 3 N–H and O–H groups in total. The highest BCUT2D eigenvalue weighted by Gasteiger charge is 2.42. The Bertz CT molecular complexity index is 1050. The topological polar surface area (TPSA) is 136 Å². The number of aromatic hydroxyl groups is 1. The van der Waals surface area contributed by atoms with Gasteiger partial charge in [-0.25, -0.2) is 4.79 Å². The van der Waals surface area contributed by atoms with Gasteiger partial charge in [0, 0.05) is 24.6 Å². The zero-order chi connectivity index (χ0) is 34.3. The van der Waals surface area contributed by atoms with Crippen LogP contribution in [0.25, 0.3) is 0 Å². The molecule has 0 aliphatic carbocycles. The molecule has 0 saturated carbocycles. The van der Waals surface area contributed by atoms with Crippen molar-refractivity contribution in [1.29, 1.82) is 0 Å². The fraction of sp³-hybridized carbons (Fsp3) is 0.636. The number of ether oxygens (including phenoxy) is 1. The lowest BCUT2D eigenvalue weighted by atomic mass is 9.76. The van der Waals surface area contributed by atoms with Crippen molar-refractivity contribution in [2.24, 2.45) is 5.41 Å². The highest BCUT2D eigenvalue weighted by atomic mass is 16.5. The summed E-state index contributed by atoms with van der Waals surface area (Å²) in [6.45, 7) is 21.3. The summed E-state index contributed by atoms with van der Waals surface area (Å²) in [6.07, 6.45) is 2.72. The van der Waals surface area contributed by atoms with Crippen LogP contribution >= 0.6 is 0 Å². The number of benzene rings is 1. The first-order chi connectivity index (χ1) is 19.5. The van der Waals surface area contributed by atoms with E-state index >= 15 is 0 Å². The lowest BCUT2D eigenvalue weighted by Crippen LogP contribution is -2.61. The molecule has 2 amide bonds. The predicted molar refractivity (Wildman–Crippen MR) is 172 cm³/mol. The van der Waals surface area contributed by atoms with E-state index in [0.717, 1.165) is 5.56 Å². The quantitative estimate of drug-likeness (QED) is 0.250. The average molecular weight is 608 g/mol. The van der Waals surface area contributed by atoms with Crippen LogP contribution in [0.2, 0.25) is 0 Å². The Morgan fingerprint density at radius 2 is 1.42 bits per heavy atom. The van der Waals surface area contributed by atoms with E-state index in [1.54, 1.807) is 31.3 Å². The molecular weight excluding hydrogens is 550 g/mol. The van der Waals surface area contributed by atoms with Crippen LogP contribution in [0.4, 0.5) is 0 Å². The summed E-state index contributed by atoms with van der Waals surface area (Å²) in [6, 6.07) is 5.34. The SMILES string of the molecule is C/C(=C\CN(C)C(=O)C(NC(=O)C(N(C)C)C(C)(C)c1ccc(O)cc1)C(C)(C)C)C(=O)O.CC(C)(C)OC=O.CCC. The molecule has 0 fully saturated rings. The van der Waals surface area contributed by atoms with Crippen molar-refractivity contribution in [1.82, 2.24) is 15.1 Å². The number of amides is 2. The fourth-order valence-electron chi connectivity index (χ4n) is 3.94. The molecule has 246 valence electrons. The molecule has 0 spiro atoms. The molecule has 10 nitrogen and oxygen atoms in total. The molecule has 0 aliphatic heterocycles. The van der Waals surface area contributed by atoms with E-state index in [1.807, 2.05) is 74.4 Å². The zero-order valence-electron chi connectivity index (χ0n) is 28.9. The molecule has 0 aliphatic rings. The van der Waals surface area contributed by atoms with Gasteiger partial charge in [0.05, 0.1) is 6.04 Å². The Balaban J connectivity index is 0. The van der Waals surface area contributed by atoms with E-state index < -0.39 is 28.9 Å². The van der Waals surface area contributed by atoms with Crippen LogP contribution in [0.15, 0.2) is 35.9 Å². The fourth-order valence-corrected chi connectivity index (χ4v) is 3.94. The Morgan fingerprint density at radius 3 is 1.74 bits per heavy atom. The van der Waals surface area contributed by atoms with Gasteiger partial charge in [-0.05, 0) is 64.9 Å². The summed E-state index contributed by atoms with van der Waals surface area (Å²) in [5.41, 5.74) is -0.498. The van der Waals surface area contributed by atoms with E-state index in [0.29, 0.717) is 6.47 Å². The molecule has 1 aromatic carbocycles. The van der Waals surface area contributed by atoms with Crippen LogP contribution in [-0.4, -0.2) is 89.6 Å². The molecule has 0 heterocycles. The first-order valence-electron chi connectivity index (χ1n) is 14.5. The van der Waals surface area contributed by atoms with Crippen molar-refractivity contribution in [3.63, 3.8) is 0 Å². The third-order valence-corrected chi connectivity index (χ3v) is 6.25. The van der Waals surface area contributed by atoms with E-state index in [-0.39, 0.29) is 35.3 Å². The highest BCUT2D eigenvalue weighted by molar-refractivity contribution is 5.91. The van der Waals surface area contributed by atoms with Crippen LogP contribution in [-0.2, 0) is 29.3 Å². The molecule has 43 heavy (non-hydrogen) atoms. The van der Waals surface area contributed by atoms with Gasteiger partial charge in [0.2, 0.25) is 11.8 Å². The maximum absolute atomic E-state index is 13.5. The molecule has 10 heteroatoms. The van der Waals surface area contributed by atoms with Crippen LogP contribution in [0.3, 0.4) is 0 Å². The smallest absolute Gasteiger partial charge is 0.331 e. The maximum Gasteiger partial charge on any atom is 0.331 e. The number of rotatable bonds is 10. The van der Waals surface area contributed by atoms with Crippen molar-refractivity contribution in [3.05, 3.63) is 41.5 Å². The summed E-state index contributed by atoms with van der Waals surface area (Å²) in [5.74, 6) is -1.49. The molecule has 0 radical (unpaired) electrons. The molecule has 1 aromatic rings. The van der Waals surface area contributed by atoms with Gasteiger partial charge >= 0.3 is 5.97 Å². The number of likely N-dealkylation sites (N-methyl/N-ethyl adjacent to an activating group) is 2. The summed E-state index contributed by atoms with van der Waals surface area (Å²) in [5, 5.41) is 21.6. The largest absolute Gasteiger partial charge is 0.508 e. The number of carboxylic acid groups (broad SMARTS) is 1. The van der Waals surface area contributed by atoms with Gasteiger partial charge in [-0.2, -0.15) is 0 Å². The second-order valence-corrected chi connectivity index (χ2v) is 13.4. The van der Waals surface area contributed by atoms with Crippen molar-refractivity contribution < 1.29 is 34.1 Å². The van der Waals surface area contributed by atoms with E-state index in [4.69, 9.17) is 5.11 Å². The third-order valence-electron chi connectivity index (χ3n) is 6.25. The lowest BCUT2D eigenvalue weighted by molar-refractivity contribution is -0.140. The van der Waals surface area contributed by atoms with Gasteiger partial charge in [0.15, 0.2) is 0 Å². The first kappa shape index (κ1) is 41.7. The molecule has 0 aromatic heterocycles. The predicted octanol–water partition coefficient (Wildman–Crippen LogP) is 4.99. The monoisotopic (exact) mass is 607 g/mol. The Morgan fingerprint density at radius 1 is 0.953 bits per heavy atom. The molecule has 0 bridgehead atoms. The zero-order valence-corrected chi connectivity index (χ0v) is 28.9. The van der Waals surface area contributed by atoms with Crippen molar-refractivity contribution in [2.45, 2.75) is 106 Å². The first-order valence-corrected chi connectivity index (χ1v) is 14.5. The summed E-state index contributed by atoms with van der Waals surface area (Å²) < 4.78 is 4.55. The number of phenolic OH excluding ortho intramolecular Hbond substituents is 1. The van der Waals surface area contributed by atoms with E-state index in [9.17, 15) is 24.3 Å². The number of carboxylic acids is 1. The third kappa shape index (κ3) is 15.6. The van der Waals surface area contributed by atoms with Gasteiger partial charge in [-0.1, -0.05) is 73.1 Å². The van der Waals surface area contributed by atoms with E-state index in [2.05, 4.69) is 23.9 Å². The number of carbonyl (C=O) groups excluding carboxylic acids is 3. The van der Waals surface area contributed by atoms with E-state index in [1.165, 1.54) is 24.3 Å². The number of aliphatic carboxylic acids is 1. The minimum atomic E-state index is -1.04. The summed E-state index contributed by atoms with van der Waals surface area (Å²) >= 11 is 0. The summed E-state index contributed by atoms with van der Waals surface area (Å²) in [4.78, 5) is 50.7. The summed E-state index contributed by atoms with van der Waals surface area (Å²) in [7, 11) is 5.21. The minimum Gasteiger partial charge on any atom is -0.508 e. The minimum absolute atomic E-state index is 0.121. The van der Waals surface area contributed by atoms with Crippen LogP contribution in [0, 0.1) is 5.41 Å². The number of nitrogens with zero attached hydrogens (tertiary/aromatic N) is 2. The molecule has 2 atom stereocenters. The van der Waals surface area contributed by atoms with Crippen LogP contribution in [0.1, 0.15) is 88.1 Å². The van der Waals surface area contributed by atoms with Gasteiger partial charge in [-0.15, -0.1) is 0 Å². The van der Waals surface area contributed by atoms with Crippen molar-refractivity contribution in [3.8, 4) is 5.75 Å². The second-order valence-electron chi connectivity index (χ2n) is 13.4. The number of carbonyl (C=O) groups is 4. The Kier molecular flexibility index (Phi) is 17.8. The lowest BCUT2D eigenvalue weighted by Gasteiger charge is -2.40.